The number of hydrogen-bond donors (Lipinski definition) is 2. The molecule has 0 bridgehead atoms. The first-order chi connectivity index (χ1) is 8.13. The van der Waals surface area contributed by atoms with Crippen LogP contribution < -0.4 is 0 Å². The third kappa shape index (κ3) is 2.33. The van der Waals surface area contributed by atoms with Crippen molar-refractivity contribution < 1.29 is 19.0 Å². The second kappa shape index (κ2) is 4.85. The third-order valence-electron chi connectivity index (χ3n) is 2.76. The first-order valence-corrected chi connectivity index (χ1v) is 5.67. The zero-order valence-electron chi connectivity index (χ0n) is 9.56. The van der Waals surface area contributed by atoms with E-state index in [1.807, 2.05) is 6.92 Å². The van der Waals surface area contributed by atoms with E-state index in [1.54, 1.807) is 18.2 Å². The van der Waals surface area contributed by atoms with Crippen LogP contribution in [0.3, 0.4) is 0 Å². The average molecular weight is 238 g/mol. The molecule has 0 aliphatic carbocycles. The molecular formula is C13H15FO3. The lowest BCUT2D eigenvalue weighted by atomic mass is 10.1. The first-order valence-electron chi connectivity index (χ1n) is 5.67. The standard InChI is InChI=1S/C13H15FO3/c1-2-4-10(15)12(16)11-7-8-5-3-6-9(14)13(8)17-11/h3,5-7,10,12,15-16H,2,4H2,1H3. The summed E-state index contributed by atoms with van der Waals surface area (Å²) in [5.41, 5.74) is 0.116. The summed E-state index contributed by atoms with van der Waals surface area (Å²) in [4.78, 5) is 0. The second-order valence-corrected chi connectivity index (χ2v) is 4.11. The van der Waals surface area contributed by atoms with Gasteiger partial charge in [-0.15, -0.1) is 0 Å². The van der Waals surface area contributed by atoms with Gasteiger partial charge in [0.25, 0.3) is 0 Å². The van der Waals surface area contributed by atoms with Gasteiger partial charge >= 0.3 is 0 Å². The average Bonchev–Trinajstić information content (AvgIpc) is 2.73. The van der Waals surface area contributed by atoms with E-state index in [9.17, 15) is 14.6 Å². The van der Waals surface area contributed by atoms with Crippen LogP contribution in [-0.4, -0.2) is 16.3 Å². The second-order valence-electron chi connectivity index (χ2n) is 4.11. The van der Waals surface area contributed by atoms with Gasteiger partial charge in [-0.05, 0) is 18.6 Å². The van der Waals surface area contributed by atoms with Crippen molar-refractivity contribution in [1.82, 2.24) is 0 Å². The number of aliphatic hydroxyl groups is 2. The molecule has 2 atom stereocenters. The van der Waals surface area contributed by atoms with Crippen LogP contribution in [0.5, 0.6) is 0 Å². The van der Waals surface area contributed by atoms with Crippen molar-refractivity contribution in [2.75, 3.05) is 0 Å². The van der Waals surface area contributed by atoms with E-state index in [0.29, 0.717) is 11.8 Å². The van der Waals surface area contributed by atoms with Crippen molar-refractivity contribution in [3.05, 3.63) is 35.8 Å². The van der Waals surface area contributed by atoms with E-state index in [-0.39, 0.29) is 11.3 Å². The zero-order chi connectivity index (χ0) is 12.4. The van der Waals surface area contributed by atoms with E-state index in [4.69, 9.17) is 4.42 Å². The van der Waals surface area contributed by atoms with Gasteiger partial charge in [0.05, 0.1) is 6.10 Å². The fourth-order valence-electron chi connectivity index (χ4n) is 1.84. The van der Waals surface area contributed by atoms with E-state index in [2.05, 4.69) is 0 Å². The Hall–Kier alpha value is -1.39. The number of para-hydroxylation sites is 1. The molecule has 1 aromatic carbocycles. The molecule has 0 aliphatic rings. The monoisotopic (exact) mass is 238 g/mol. The molecule has 2 aromatic rings. The van der Waals surface area contributed by atoms with Gasteiger partial charge in [-0.2, -0.15) is 0 Å². The lowest BCUT2D eigenvalue weighted by molar-refractivity contribution is 0.00142. The Labute approximate surface area is 98.5 Å². The van der Waals surface area contributed by atoms with Gasteiger partial charge in [-0.25, -0.2) is 4.39 Å². The molecule has 0 saturated heterocycles. The summed E-state index contributed by atoms with van der Waals surface area (Å²) in [6.07, 6.45) is -0.765. The zero-order valence-corrected chi connectivity index (χ0v) is 9.56. The first kappa shape index (κ1) is 12.1. The number of rotatable bonds is 4. The number of benzene rings is 1. The molecule has 1 heterocycles. The number of aliphatic hydroxyl groups excluding tert-OH is 2. The van der Waals surface area contributed by atoms with Crippen LogP contribution in [0, 0.1) is 5.82 Å². The Morgan fingerprint density at radius 2 is 2.12 bits per heavy atom. The maximum Gasteiger partial charge on any atom is 0.170 e. The van der Waals surface area contributed by atoms with Crippen molar-refractivity contribution in [2.24, 2.45) is 0 Å². The minimum atomic E-state index is -1.11. The summed E-state index contributed by atoms with van der Waals surface area (Å²) < 4.78 is 18.6. The molecule has 0 aliphatic heterocycles. The highest BCUT2D eigenvalue weighted by Gasteiger charge is 2.22. The molecule has 2 unspecified atom stereocenters. The highest BCUT2D eigenvalue weighted by Crippen LogP contribution is 2.28. The smallest absolute Gasteiger partial charge is 0.170 e. The highest BCUT2D eigenvalue weighted by atomic mass is 19.1. The molecule has 0 amide bonds. The summed E-state index contributed by atoms with van der Waals surface area (Å²) in [6, 6.07) is 6.13. The Morgan fingerprint density at radius 1 is 1.35 bits per heavy atom. The van der Waals surface area contributed by atoms with Gasteiger partial charge in [0.15, 0.2) is 11.4 Å². The molecule has 0 radical (unpaired) electrons. The van der Waals surface area contributed by atoms with Crippen LogP contribution in [0.1, 0.15) is 31.6 Å². The topological polar surface area (TPSA) is 53.6 Å². The Morgan fingerprint density at radius 3 is 2.76 bits per heavy atom. The quantitative estimate of drug-likeness (QED) is 0.861. The minimum absolute atomic E-state index is 0.116. The van der Waals surface area contributed by atoms with Crippen LogP contribution in [0.2, 0.25) is 0 Å². The van der Waals surface area contributed by atoms with Crippen molar-refractivity contribution >= 4 is 11.0 Å². The van der Waals surface area contributed by atoms with E-state index >= 15 is 0 Å². The maximum absolute atomic E-state index is 13.4. The van der Waals surface area contributed by atoms with Crippen LogP contribution in [0.15, 0.2) is 28.7 Å². The van der Waals surface area contributed by atoms with Crippen LogP contribution in [0.25, 0.3) is 11.0 Å². The third-order valence-corrected chi connectivity index (χ3v) is 2.76. The van der Waals surface area contributed by atoms with Crippen molar-refractivity contribution in [3.63, 3.8) is 0 Å². The Balaban J connectivity index is 2.33. The van der Waals surface area contributed by atoms with Crippen molar-refractivity contribution in [3.8, 4) is 0 Å². The summed E-state index contributed by atoms with van der Waals surface area (Å²) >= 11 is 0. The van der Waals surface area contributed by atoms with Gasteiger partial charge < -0.3 is 14.6 Å². The number of halogens is 1. The number of hydrogen-bond acceptors (Lipinski definition) is 3. The SMILES string of the molecule is CCCC(O)C(O)c1cc2cccc(F)c2o1. The van der Waals surface area contributed by atoms with Gasteiger partial charge in [-0.3, -0.25) is 0 Å². The van der Waals surface area contributed by atoms with Crippen LogP contribution in [-0.2, 0) is 0 Å². The Bertz CT molecular complexity index is 506. The van der Waals surface area contributed by atoms with E-state index < -0.39 is 18.0 Å². The molecular weight excluding hydrogens is 223 g/mol. The summed E-state index contributed by atoms with van der Waals surface area (Å²) in [6.45, 7) is 1.91. The summed E-state index contributed by atoms with van der Waals surface area (Å²) in [5, 5.41) is 20.1. The molecule has 17 heavy (non-hydrogen) atoms. The van der Waals surface area contributed by atoms with Crippen LogP contribution in [0.4, 0.5) is 4.39 Å². The maximum atomic E-state index is 13.4. The number of fused-ring (bicyclic) bond motifs is 1. The molecule has 0 fully saturated rings. The predicted octanol–water partition coefficient (Wildman–Crippen LogP) is 2.77. The molecule has 1 aromatic heterocycles. The van der Waals surface area contributed by atoms with Gasteiger partial charge in [0.2, 0.25) is 0 Å². The van der Waals surface area contributed by atoms with Gasteiger partial charge in [0, 0.05) is 5.39 Å². The molecule has 2 N–H and O–H groups in total. The minimum Gasteiger partial charge on any atom is -0.455 e. The van der Waals surface area contributed by atoms with Gasteiger partial charge in [0.1, 0.15) is 11.9 Å². The molecule has 92 valence electrons. The van der Waals surface area contributed by atoms with Crippen LogP contribution >= 0.6 is 0 Å². The molecule has 0 spiro atoms. The molecule has 0 saturated carbocycles. The predicted molar refractivity (Wildman–Crippen MR) is 62.0 cm³/mol. The Kier molecular flexibility index (Phi) is 3.45. The number of furan rings is 1. The lowest BCUT2D eigenvalue weighted by Crippen LogP contribution is -2.17. The summed E-state index contributed by atoms with van der Waals surface area (Å²) in [5.74, 6) is -0.267. The fraction of sp³-hybridized carbons (Fsp3) is 0.385. The van der Waals surface area contributed by atoms with E-state index in [1.165, 1.54) is 6.07 Å². The van der Waals surface area contributed by atoms with Crippen molar-refractivity contribution in [2.45, 2.75) is 32.0 Å². The largest absolute Gasteiger partial charge is 0.455 e. The van der Waals surface area contributed by atoms with Crippen molar-refractivity contribution in [1.29, 1.82) is 0 Å². The summed E-state index contributed by atoms with van der Waals surface area (Å²) in [7, 11) is 0. The van der Waals surface area contributed by atoms with Gasteiger partial charge in [-0.1, -0.05) is 25.5 Å². The molecule has 3 nitrogen and oxygen atoms in total. The molecule has 4 heteroatoms. The molecule has 2 rings (SSSR count). The van der Waals surface area contributed by atoms with E-state index in [0.717, 1.165) is 6.42 Å². The normalized spacial score (nSPS) is 15.1. The highest BCUT2D eigenvalue weighted by molar-refractivity contribution is 5.78. The lowest BCUT2D eigenvalue weighted by Gasteiger charge is -2.14. The fourth-order valence-corrected chi connectivity index (χ4v) is 1.84.